The molecule has 5 rings (SSSR count). The summed E-state index contributed by atoms with van der Waals surface area (Å²) in [7, 11) is 0. The van der Waals surface area contributed by atoms with Gasteiger partial charge in [0, 0.05) is 28.9 Å². The average molecular weight is 352 g/mol. The Morgan fingerprint density at radius 3 is 1.52 bits per heavy atom. The van der Waals surface area contributed by atoms with Gasteiger partial charge in [-0.15, -0.1) is 0 Å². The molecule has 3 aromatic rings. The van der Waals surface area contributed by atoms with E-state index in [1.165, 1.54) is 0 Å². The van der Waals surface area contributed by atoms with Crippen LogP contribution in [-0.4, -0.2) is 11.6 Å². The first kappa shape index (κ1) is 16.2. The van der Waals surface area contributed by atoms with E-state index in [0.29, 0.717) is 12.8 Å². The van der Waals surface area contributed by atoms with Gasteiger partial charge >= 0.3 is 0 Å². The van der Waals surface area contributed by atoms with Crippen molar-refractivity contribution >= 4 is 11.6 Å². The van der Waals surface area contributed by atoms with E-state index in [-0.39, 0.29) is 29.3 Å². The quantitative estimate of drug-likeness (QED) is 0.673. The van der Waals surface area contributed by atoms with Crippen LogP contribution in [0.5, 0.6) is 0 Å². The zero-order chi connectivity index (χ0) is 18.4. The van der Waals surface area contributed by atoms with E-state index in [4.69, 9.17) is 0 Å². The number of hydrogen-bond donors (Lipinski definition) is 0. The van der Waals surface area contributed by atoms with Crippen LogP contribution >= 0.6 is 0 Å². The van der Waals surface area contributed by atoms with Gasteiger partial charge in [0.2, 0.25) is 0 Å². The van der Waals surface area contributed by atoms with Crippen molar-refractivity contribution in [2.45, 2.75) is 18.8 Å². The Kier molecular flexibility index (Phi) is 3.78. The summed E-state index contributed by atoms with van der Waals surface area (Å²) >= 11 is 0. The van der Waals surface area contributed by atoms with Crippen molar-refractivity contribution in [3.8, 4) is 0 Å². The van der Waals surface area contributed by atoms with Gasteiger partial charge in [0.1, 0.15) is 0 Å². The van der Waals surface area contributed by atoms with E-state index in [1.807, 2.05) is 66.7 Å². The Morgan fingerprint density at radius 2 is 1.04 bits per heavy atom. The lowest BCUT2D eigenvalue weighted by molar-refractivity contribution is 0.0841. The Hall–Kier alpha value is -3.00. The second-order valence-corrected chi connectivity index (χ2v) is 7.60. The van der Waals surface area contributed by atoms with Gasteiger partial charge in [0.25, 0.3) is 0 Å². The summed E-state index contributed by atoms with van der Waals surface area (Å²) in [4.78, 5) is 26.5. The van der Waals surface area contributed by atoms with Crippen molar-refractivity contribution < 1.29 is 9.59 Å². The van der Waals surface area contributed by atoms with Crippen molar-refractivity contribution in [1.29, 1.82) is 0 Å². The van der Waals surface area contributed by atoms with Crippen LogP contribution in [0.25, 0.3) is 0 Å². The van der Waals surface area contributed by atoms with Crippen molar-refractivity contribution in [1.82, 2.24) is 0 Å². The predicted molar refractivity (Wildman–Crippen MR) is 105 cm³/mol. The number of ketones is 2. The lowest BCUT2D eigenvalue weighted by atomic mass is 9.73. The maximum absolute atomic E-state index is 13.2. The highest BCUT2D eigenvalue weighted by Crippen LogP contribution is 2.45. The second kappa shape index (κ2) is 6.31. The predicted octanol–water partition coefficient (Wildman–Crippen LogP) is 4.88. The van der Waals surface area contributed by atoms with E-state index in [1.54, 1.807) is 0 Å². The van der Waals surface area contributed by atoms with Crippen LogP contribution in [0.3, 0.4) is 0 Å². The second-order valence-electron chi connectivity index (χ2n) is 7.60. The number of rotatable bonds is 3. The Bertz CT molecular complexity index is 969. The SMILES string of the molecule is O=C1c2ccccc2CC1C(c1ccccc1)C1Cc2ccccc2C1=O. The summed E-state index contributed by atoms with van der Waals surface area (Å²) in [6.45, 7) is 0. The molecular formula is C25H20O2. The highest BCUT2D eigenvalue weighted by atomic mass is 16.1. The molecule has 0 bridgehead atoms. The standard InChI is InChI=1S/C25H20O2/c26-24-19-12-6-4-10-17(19)14-21(24)23(16-8-2-1-3-9-16)22-15-18-11-5-7-13-20(18)25(22)27/h1-13,21-23H,14-15H2. The van der Waals surface area contributed by atoms with Crippen LogP contribution in [-0.2, 0) is 12.8 Å². The molecule has 0 amide bonds. The number of benzene rings is 3. The summed E-state index contributed by atoms with van der Waals surface area (Å²) < 4.78 is 0. The molecule has 0 radical (unpaired) electrons. The minimum absolute atomic E-state index is 0.0917. The molecule has 2 heteroatoms. The van der Waals surface area contributed by atoms with Crippen LogP contribution < -0.4 is 0 Å². The molecular weight excluding hydrogens is 332 g/mol. The molecule has 2 unspecified atom stereocenters. The van der Waals surface area contributed by atoms with Crippen LogP contribution in [0.1, 0.15) is 43.3 Å². The van der Waals surface area contributed by atoms with Crippen LogP contribution in [0.2, 0.25) is 0 Å². The molecule has 0 aromatic heterocycles. The van der Waals surface area contributed by atoms with Gasteiger partial charge in [0.15, 0.2) is 11.6 Å². The van der Waals surface area contributed by atoms with Crippen LogP contribution in [0.4, 0.5) is 0 Å². The van der Waals surface area contributed by atoms with Crippen molar-refractivity contribution in [3.63, 3.8) is 0 Å². The Morgan fingerprint density at radius 1 is 0.593 bits per heavy atom. The fourth-order valence-electron chi connectivity index (χ4n) is 4.94. The molecule has 0 aliphatic heterocycles. The highest BCUT2D eigenvalue weighted by Gasteiger charge is 2.45. The zero-order valence-corrected chi connectivity index (χ0v) is 15.0. The smallest absolute Gasteiger partial charge is 0.167 e. The summed E-state index contributed by atoms with van der Waals surface area (Å²) in [5.74, 6) is -0.0708. The summed E-state index contributed by atoms with van der Waals surface area (Å²) in [6.07, 6.45) is 1.43. The third kappa shape index (κ3) is 2.56. The van der Waals surface area contributed by atoms with Crippen molar-refractivity contribution in [3.05, 3.63) is 107 Å². The fourth-order valence-corrected chi connectivity index (χ4v) is 4.94. The first-order valence-corrected chi connectivity index (χ1v) is 9.53. The van der Waals surface area contributed by atoms with E-state index in [0.717, 1.165) is 27.8 Å². The van der Waals surface area contributed by atoms with Gasteiger partial charge in [-0.1, -0.05) is 78.9 Å². The third-order valence-corrected chi connectivity index (χ3v) is 6.17. The third-order valence-electron chi connectivity index (χ3n) is 6.17. The number of carbonyl (C=O) groups excluding carboxylic acids is 2. The number of hydrogen-bond acceptors (Lipinski definition) is 2. The molecule has 2 aliphatic rings. The van der Waals surface area contributed by atoms with E-state index in [2.05, 4.69) is 12.1 Å². The minimum Gasteiger partial charge on any atom is -0.294 e. The molecule has 132 valence electrons. The van der Waals surface area contributed by atoms with Gasteiger partial charge < -0.3 is 0 Å². The molecule has 0 heterocycles. The minimum atomic E-state index is -0.173. The topological polar surface area (TPSA) is 34.1 Å². The maximum atomic E-state index is 13.2. The fraction of sp³-hybridized carbons (Fsp3) is 0.200. The van der Waals surface area contributed by atoms with Gasteiger partial charge in [-0.25, -0.2) is 0 Å². The van der Waals surface area contributed by atoms with Gasteiger partial charge in [0.05, 0.1) is 0 Å². The molecule has 0 spiro atoms. The number of fused-ring (bicyclic) bond motifs is 2. The van der Waals surface area contributed by atoms with E-state index >= 15 is 0 Å². The monoisotopic (exact) mass is 352 g/mol. The molecule has 0 saturated heterocycles. The van der Waals surface area contributed by atoms with Gasteiger partial charge in [-0.2, -0.15) is 0 Å². The largest absolute Gasteiger partial charge is 0.294 e. The Balaban J connectivity index is 1.58. The molecule has 0 fully saturated rings. The molecule has 27 heavy (non-hydrogen) atoms. The first-order chi connectivity index (χ1) is 13.2. The Labute approximate surface area is 158 Å². The lowest BCUT2D eigenvalue weighted by Gasteiger charge is -2.28. The maximum Gasteiger partial charge on any atom is 0.167 e. The van der Waals surface area contributed by atoms with Gasteiger partial charge in [-0.05, 0) is 29.5 Å². The van der Waals surface area contributed by atoms with Crippen LogP contribution in [0.15, 0.2) is 78.9 Å². The first-order valence-electron chi connectivity index (χ1n) is 9.53. The lowest BCUT2D eigenvalue weighted by Crippen LogP contribution is -2.29. The molecule has 2 aliphatic carbocycles. The molecule has 0 saturated carbocycles. The van der Waals surface area contributed by atoms with E-state index < -0.39 is 0 Å². The number of carbonyl (C=O) groups is 2. The van der Waals surface area contributed by atoms with Crippen molar-refractivity contribution in [2.24, 2.45) is 11.8 Å². The van der Waals surface area contributed by atoms with E-state index in [9.17, 15) is 9.59 Å². The van der Waals surface area contributed by atoms with Crippen molar-refractivity contribution in [2.75, 3.05) is 0 Å². The highest BCUT2D eigenvalue weighted by molar-refractivity contribution is 6.06. The van der Waals surface area contributed by atoms with Gasteiger partial charge in [-0.3, -0.25) is 9.59 Å². The molecule has 3 aromatic carbocycles. The summed E-state index contributed by atoms with van der Waals surface area (Å²) in [5, 5.41) is 0. The number of Topliss-reactive ketones (excluding diaryl/α,β-unsaturated/α-hetero) is 2. The summed E-state index contributed by atoms with van der Waals surface area (Å²) in [5.41, 5.74) is 4.96. The molecule has 0 N–H and O–H groups in total. The summed E-state index contributed by atoms with van der Waals surface area (Å²) in [6, 6.07) is 25.9. The average Bonchev–Trinajstić information content (AvgIpc) is 3.22. The normalized spacial score (nSPS) is 21.8. The zero-order valence-electron chi connectivity index (χ0n) is 15.0. The molecule has 2 atom stereocenters. The van der Waals surface area contributed by atoms with Crippen LogP contribution in [0, 0.1) is 11.8 Å². The molecule has 2 nitrogen and oxygen atoms in total.